The number of nitrogens with zero attached hydrogens (tertiary/aromatic N) is 1. The molecule has 0 spiro atoms. The molecular weight excluding hydrogens is 242 g/mol. The van der Waals surface area contributed by atoms with E-state index in [-0.39, 0.29) is 12.7 Å². The molecule has 1 amide bonds. The number of carbonyl (C=O) groups is 1. The highest BCUT2D eigenvalue weighted by atomic mass is 35.5. The third kappa shape index (κ3) is 4.56. The van der Waals surface area contributed by atoms with Crippen LogP contribution in [0.2, 0.25) is 0 Å². The summed E-state index contributed by atoms with van der Waals surface area (Å²) >= 11 is 5.90. The number of rotatable bonds is 1. The molecule has 0 saturated carbocycles. The Morgan fingerprint density at radius 3 is 2.71 bits per heavy atom. The van der Waals surface area contributed by atoms with Gasteiger partial charge in [0.25, 0.3) is 0 Å². The number of aliphatic hydroxyl groups is 1. The van der Waals surface area contributed by atoms with Crippen LogP contribution in [0.4, 0.5) is 4.79 Å². The summed E-state index contributed by atoms with van der Waals surface area (Å²) in [6.45, 7) is 6.48. The summed E-state index contributed by atoms with van der Waals surface area (Å²) in [5.41, 5.74) is 0.436. The van der Waals surface area contributed by atoms with Gasteiger partial charge in [-0.2, -0.15) is 0 Å². The molecule has 1 fully saturated rings. The molecule has 17 heavy (non-hydrogen) atoms. The van der Waals surface area contributed by atoms with E-state index in [0.717, 1.165) is 18.4 Å². The molecule has 0 unspecified atom stereocenters. The summed E-state index contributed by atoms with van der Waals surface area (Å²) in [6, 6.07) is 0. The summed E-state index contributed by atoms with van der Waals surface area (Å²) < 4.78 is 5.30. The summed E-state index contributed by atoms with van der Waals surface area (Å²) in [7, 11) is 0. The average Bonchev–Trinajstić information content (AvgIpc) is 2.26. The smallest absolute Gasteiger partial charge is 0.410 e. The minimum absolute atomic E-state index is 0.168. The van der Waals surface area contributed by atoms with Crippen molar-refractivity contribution >= 4 is 17.7 Å². The van der Waals surface area contributed by atoms with Crippen molar-refractivity contribution in [3.05, 3.63) is 10.6 Å². The van der Waals surface area contributed by atoms with Gasteiger partial charge >= 0.3 is 6.09 Å². The highest BCUT2D eigenvalue weighted by Gasteiger charge is 2.25. The molecule has 4 nitrogen and oxygen atoms in total. The molecule has 1 saturated heterocycles. The van der Waals surface area contributed by atoms with E-state index < -0.39 is 5.60 Å². The Morgan fingerprint density at radius 1 is 1.53 bits per heavy atom. The molecule has 1 aliphatic rings. The van der Waals surface area contributed by atoms with Gasteiger partial charge in [-0.25, -0.2) is 4.79 Å². The van der Waals surface area contributed by atoms with E-state index in [1.165, 1.54) is 0 Å². The van der Waals surface area contributed by atoms with Gasteiger partial charge in [-0.1, -0.05) is 11.6 Å². The van der Waals surface area contributed by atoms with Crippen LogP contribution in [0.1, 0.15) is 33.6 Å². The molecule has 1 heterocycles. The molecule has 1 aliphatic heterocycles. The number of piperidine rings is 1. The third-order valence-corrected chi connectivity index (χ3v) is 2.85. The fourth-order valence-corrected chi connectivity index (χ4v) is 1.84. The molecule has 98 valence electrons. The quantitative estimate of drug-likeness (QED) is 0.789. The van der Waals surface area contributed by atoms with E-state index in [2.05, 4.69) is 0 Å². The fraction of sp³-hybridized carbons (Fsp3) is 0.750. The lowest BCUT2D eigenvalue weighted by Gasteiger charge is -2.31. The zero-order chi connectivity index (χ0) is 13.1. The summed E-state index contributed by atoms with van der Waals surface area (Å²) in [5, 5.41) is 9.42. The molecule has 0 aromatic heterocycles. The second kappa shape index (κ2) is 5.74. The van der Waals surface area contributed by atoms with Crippen molar-refractivity contribution in [1.29, 1.82) is 0 Å². The van der Waals surface area contributed by atoms with Crippen LogP contribution < -0.4 is 0 Å². The molecule has 0 bridgehead atoms. The van der Waals surface area contributed by atoms with Gasteiger partial charge in [-0.05, 0) is 39.2 Å². The van der Waals surface area contributed by atoms with Gasteiger partial charge in [0.15, 0.2) is 0 Å². The maximum atomic E-state index is 11.8. The van der Waals surface area contributed by atoms with E-state index >= 15 is 0 Å². The summed E-state index contributed by atoms with van der Waals surface area (Å²) in [6.07, 6.45) is 1.36. The Balaban J connectivity index is 2.64. The van der Waals surface area contributed by atoms with Gasteiger partial charge in [0, 0.05) is 18.1 Å². The number of carbonyl (C=O) groups excluding carboxylic acids is 1. The largest absolute Gasteiger partial charge is 0.444 e. The molecule has 1 rings (SSSR count). The number of likely N-dealkylation sites (tertiary alicyclic amines) is 1. The van der Waals surface area contributed by atoms with Crippen molar-refractivity contribution < 1.29 is 14.6 Å². The highest BCUT2D eigenvalue weighted by molar-refractivity contribution is 6.30. The second-order valence-corrected chi connectivity index (χ2v) is 5.63. The molecule has 1 N–H and O–H groups in total. The van der Waals surface area contributed by atoms with Gasteiger partial charge in [-0.15, -0.1) is 0 Å². The van der Waals surface area contributed by atoms with Crippen LogP contribution in [0.15, 0.2) is 10.6 Å². The predicted octanol–water partition coefficient (Wildman–Crippen LogP) is 2.50. The zero-order valence-corrected chi connectivity index (χ0v) is 11.4. The molecule has 5 heteroatoms. The Morgan fingerprint density at radius 2 is 2.18 bits per heavy atom. The number of halogens is 1. The molecule has 0 aromatic rings. The lowest BCUT2D eigenvalue weighted by atomic mass is 10.0. The first kappa shape index (κ1) is 14.3. The standard InChI is InChI=1S/C12H20ClNO3/c1-12(2,3)17-11(16)14-6-4-5-9(7-14)10(13)8-15/h15H,4-8H2,1-3H3/b10-9+. The second-order valence-electron chi connectivity index (χ2n) is 5.17. The van der Waals surface area contributed by atoms with Gasteiger partial charge in [0.1, 0.15) is 5.60 Å². The predicted molar refractivity (Wildman–Crippen MR) is 67.0 cm³/mol. The summed E-state index contributed by atoms with van der Waals surface area (Å²) in [4.78, 5) is 13.5. The van der Waals surface area contributed by atoms with Crippen LogP contribution in [0.25, 0.3) is 0 Å². The van der Waals surface area contributed by atoms with Gasteiger partial charge in [-0.3, -0.25) is 0 Å². The monoisotopic (exact) mass is 261 g/mol. The summed E-state index contributed by atoms with van der Waals surface area (Å²) in [5.74, 6) is 0. The minimum atomic E-state index is -0.487. The average molecular weight is 262 g/mol. The first-order valence-electron chi connectivity index (χ1n) is 5.78. The normalized spacial score (nSPS) is 20.2. The molecule has 0 atom stereocenters. The minimum Gasteiger partial charge on any atom is -0.444 e. The highest BCUT2D eigenvalue weighted by Crippen LogP contribution is 2.22. The van der Waals surface area contributed by atoms with Gasteiger partial charge in [0.2, 0.25) is 0 Å². The van der Waals surface area contributed by atoms with E-state index in [1.807, 2.05) is 20.8 Å². The molecular formula is C12H20ClNO3. The fourth-order valence-electron chi connectivity index (χ4n) is 1.69. The van der Waals surface area contributed by atoms with Crippen LogP contribution in [0.3, 0.4) is 0 Å². The maximum Gasteiger partial charge on any atom is 0.410 e. The molecule has 0 aliphatic carbocycles. The van der Waals surface area contributed by atoms with Crippen LogP contribution in [-0.2, 0) is 4.74 Å². The van der Waals surface area contributed by atoms with Crippen LogP contribution in [-0.4, -0.2) is 41.4 Å². The van der Waals surface area contributed by atoms with E-state index in [1.54, 1.807) is 4.90 Å². The topological polar surface area (TPSA) is 49.8 Å². The van der Waals surface area contributed by atoms with Crippen LogP contribution >= 0.6 is 11.6 Å². The first-order chi connectivity index (χ1) is 7.83. The number of ether oxygens (including phenoxy) is 1. The van der Waals surface area contributed by atoms with Gasteiger partial charge in [0.05, 0.1) is 6.61 Å². The van der Waals surface area contributed by atoms with Crippen molar-refractivity contribution in [3.8, 4) is 0 Å². The maximum absolute atomic E-state index is 11.8. The molecule has 0 radical (unpaired) electrons. The SMILES string of the molecule is CC(C)(C)OC(=O)N1CCC/C(=C(\Cl)CO)C1. The number of hydrogen-bond acceptors (Lipinski definition) is 3. The third-order valence-electron chi connectivity index (χ3n) is 2.46. The Bertz CT molecular complexity index is 320. The van der Waals surface area contributed by atoms with Crippen molar-refractivity contribution in [2.45, 2.75) is 39.2 Å². The number of aliphatic hydroxyl groups excluding tert-OH is 1. The van der Waals surface area contributed by atoms with Crippen molar-refractivity contribution in [2.24, 2.45) is 0 Å². The Labute approximate surface area is 107 Å². The lowest BCUT2D eigenvalue weighted by Crippen LogP contribution is -2.40. The molecule has 0 aromatic carbocycles. The zero-order valence-electron chi connectivity index (χ0n) is 10.6. The Kier molecular flexibility index (Phi) is 4.83. The van der Waals surface area contributed by atoms with E-state index in [4.69, 9.17) is 21.4 Å². The van der Waals surface area contributed by atoms with Gasteiger partial charge < -0.3 is 14.7 Å². The lowest BCUT2D eigenvalue weighted by molar-refractivity contribution is 0.0246. The van der Waals surface area contributed by atoms with Crippen molar-refractivity contribution in [2.75, 3.05) is 19.7 Å². The van der Waals surface area contributed by atoms with E-state index in [9.17, 15) is 4.79 Å². The van der Waals surface area contributed by atoms with Crippen molar-refractivity contribution in [1.82, 2.24) is 4.90 Å². The Hall–Kier alpha value is -0.740. The van der Waals surface area contributed by atoms with E-state index in [0.29, 0.717) is 18.1 Å². The van der Waals surface area contributed by atoms with Crippen molar-refractivity contribution in [3.63, 3.8) is 0 Å². The first-order valence-corrected chi connectivity index (χ1v) is 6.16. The van der Waals surface area contributed by atoms with Crippen LogP contribution in [0, 0.1) is 0 Å². The number of amides is 1. The van der Waals surface area contributed by atoms with Crippen LogP contribution in [0.5, 0.6) is 0 Å². The number of hydrogen-bond donors (Lipinski definition) is 1.